The zero-order valence-electron chi connectivity index (χ0n) is 8.08. The Hall–Kier alpha value is -0.870. The number of nitrogens with zero attached hydrogens (tertiary/aromatic N) is 1. The van der Waals surface area contributed by atoms with Crippen molar-refractivity contribution in [3.8, 4) is 0 Å². The van der Waals surface area contributed by atoms with Crippen molar-refractivity contribution in [2.24, 2.45) is 0 Å². The van der Waals surface area contributed by atoms with E-state index in [0.717, 1.165) is 11.5 Å². The molecule has 0 spiro atoms. The van der Waals surface area contributed by atoms with Crippen molar-refractivity contribution in [2.75, 3.05) is 13.2 Å². The fraction of sp³-hybridized carbons (Fsp3) is 0.667. The zero-order valence-corrected chi connectivity index (χ0v) is 8.08. The number of rotatable bonds is 5. The average molecular weight is 184 g/mol. The van der Waals surface area contributed by atoms with E-state index in [0.29, 0.717) is 19.0 Å². The molecule has 0 aliphatic carbocycles. The van der Waals surface area contributed by atoms with Gasteiger partial charge in [-0.25, -0.2) is 0 Å². The number of nitrogens with one attached hydrogen (secondary N) is 1. The molecular weight excluding hydrogens is 168 g/mol. The highest BCUT2D eigenvalue weighted by molar-refractivity contribution is 5.08. The van der Waals surface area contributed by atoms with Crippen LogP contribution in [0.4, 0.5) is 0 Å². The Morgan fingerprint density at radius 2 is 2.38 bits per heavy atom. The Morgan fingerprint density at radius 1 is 1.62 bits per heavy atom. The molecule has 1 heterocycles. The normalized spacial score (nSPS) is 11.1. The van der Waals surface area contributed by atoms with E-state index in [2.05, 4.69) is 24.3 Å². The lowest BCUT2D eigenvalue weighted by Crippen LogP contribution is -2.17. The molecule has 0 radical (unpaired) electrons. The van der Waals surface area contributed by atoms with E-state index in [1.165, 1.54) is 0 Å². The standard InChI is InChI=1S/C9H16N2O2/c1-7(2)9-5-8(11-13-9)6-10-3-4-12/h5,7,10,12H,3-4,6H2,1-2H3. The van der Waals surface area contributed by atoms with Crippen LogP contribution in [0, 0.1) is 0 Å². The third-order valence-corrected chi connectivity index (χ3v) is 1.74. The molecular formula is C9H16N2O2. The third-order valence-electron chi connectivity index (χ3n) is 1.74. The van der Waals surface area contributed by atoms with Gasteiger partial charge in [-0.05, 0) is 0 Å². The summed E-state index contributed by atoms with van der Waals surface area (Å²) in [6.45, 7) is 5.51. The van der Waals surface area contributed by atoms with Crippen molar-refractivity contribution in [1.82, 2.24) is 10.5 Å². The number of hydrogen-bond donors (Lipinski definition) is 2. The van der Waals surface area contributed by atoms with Crippen LogP contribution in [0.5, 0.6) is 0 Å². The van der Waals surface area contributed by atoms with Crippen molar-refractivity contribution in [3.63, 3.8) is 0 Å². The van der Waals surface area contributed by atoms with E-state index in [-0.39, 0.29) is 6.61 Å². The van der Waals surface area contributed by atoms with Crippen LogP contribution in [0.3, 0.4) is 0 Å². The minimum absolute atomic E-state index is 0.148. The summed E-state index contributed by atoms with van der Waals surface area (Å²) in [5.41, 5.74) is 0.886. The van der Waals surface area contributed by atoms with Gasteiger partial charge in [-0.1, -0.05) is 19.0 Å². The van der Waals surface area contributed by atoms with Gasteiger partial charge in [0.25, 0.3) is 0 Å². The zero-order chi connectivity index (χ0) is 9.68. The van der Waals surface area contributed by atoms with Crippen LogP contribution < -0.4 is 5.32 Å². The molecule has 1 aromatic heterocycles. The van der Waals surface area contributed by atoms with E-state index in [9.17, 15) is 0 Å². The Kier molecular flexibility index (Phi) is 3.92. The summed E-state index contributed by atoms with van der Waals surface area (Å²) in [7, 11) is 0. The summed E-state index contributed by atoms with van der Waals surface area (Å²) in [6, 6.07) is 1.94. The van der Waals surface area contributed by atoms with Crippen molar-refractivity contribution >= 4 is 0 Å². The van der Waals surface area contributed by atoms with Gasteiger partial charge in [0.05, 0.1) is 12.3 Å². The second kappa shape index (κ2) is 4.99. The van der Waals surface area contributed by atoms with Gasteiger partial charge in [0, 0.05) is 25.1 Å². The van der Waals surface area contributed by atoms with Gasteiger partial charge in [-0.15, -0.1) is 0 Å². The second-order valence-corrected chi connectivity index (χ2v) is 3.28. The van der Waals surface area contributed by atoms with Crippen LogP contribution in [0.1, 0.15) is 31.2 Å². The predicted molar refractivity (Wildman–Crippen MR) is 49.4 cm³/mol. The maximum atomic E-state index is 8.53. The second-order valence-electron chi connectivity index (χ2n) is 3.28. The van der Waals surface area contributed by atoms with Gasteiger partial charge < -0.3 is 14.9 Å². The molecule has 0 aliphatic heterocycles. The first kappa shape index (κ1) is 10.2. The lowest BCUT2D eigenvalue weighted by atomic mass is 10.1. The fourth-order valence-electron chi connectivity index (χ4n) is 0.979. The van der Waals surface area contributed by atoms with E-state index in [1.54, 1.807) is 0 Å². The summed E-state index contributed by atoms with van der Waals surface area (Å²) in [4.78, 5) is 0. The summed E-state index contributed by atoms with van der Waals surface area (Å²) >= 11 is 0. The van der Waals surface area contributed by atoms with Crippen LogP contribution in [-0.4, -0.2) is 23.4 Å². The first-order valence-corrected chi connectivity index (χ1v) is 4.51. The highest BCUT2D eigenvalue weighted by atomic mass is 16.5. The van der Waals surface area contributed by atoms with Crippen LogP contribution in [-0.2, 0) is 6.54 Å². The van der Waals surface area contributed by atoms with Crippen molar-refractivity contribution < 1.29 is 9.63 Å². The van der Waals surface area contributed by atoms with E-state index < -0.39 is 0 Å². The average Bonchev–Trinajstić information content (AvgIpc) is 2.53. The molecule has 74 valence electrons. The summed E-state index contributed by atoms with van der Waals surface area (Å²) < 4.78 is 5.10. The molecule has 0 aliphatic rings. The van der Waals surface area contributed by atoms with E-state index >= 15 is 0 Å². The Bertz CT molecular complexity index is 246. The maximum Gasteiger partial charge on any atom is 0.139 e. The van der Waals surface area contributed by atoms with Crippen molar-refractivity contribution in [1.29, 1.82) is 0 Å². The van der Waals surface area contributed by atoms with Gasteiger partial charge in [-0.3, -0.25) is 0 Å². The monoisotopic (exact) mass is 184 g/mol. The first-order valence-electron chi connectivity index (χ1n) is 4.51. The SMILES string of the molecule is CC(C)c1cc(CNCCO)no1. The minimum Gasteiger partial charge on any atom is -0.395 e. The molecule has 0 fully saturated rings. The van der Waals surface area contributed by atoms with Crippen LogP contribution >= 0.6 is 0 Å². The van der Waals surface area contributed by atoms with Crippen LogP contribution in [0.15, 0.2) is 10.6 Å². The number of hydrogen-bond acceptors (Lipinski definition) is 4. The molecule has 4 heteroatoms. The summed E-state index contributed by atoms with van der Waals surface area (Å²) in [5, 5.41) is 15.5. The Morgan fingerprint density at radius 3 is 2.92 bits per heavy atom. The Balaban J connectivity index is 2.40. The highest BCUT2D eigenvalue weighted by Gasteiger charge is 2.06. The van der Waals surface area contributed by atoms with Gasteiger partial charge >= 0.3 is 0 Å². The molecule has 0 amide bonds. The lowest BCUT2D eigenvalue weighted by Gasteiger charge is -1.96. The molecule has 0 unspecified atom stereocenters. The fourth-order valence-corrected chi connectivity index (χ4v) is 0.979. The number of aromatic nitrogens is 1. The Labute approximate surface area is 77.9 Å². The predicted octanol–water partition coefficient (Wildman–Crippen LogP) is 0.880. The smallest absolute Gasteiger partial charge is 0.139 e. The topological polar surface area (TPSA) is 58.3 Å². The molecule has 1 rings (SSSR count). The molecule has 2 N–H and O–H groups in total. The largest absolute Gasteiger partial charge is 0.395 e. The van der Waals surface area contributed by atoms with Gasteiger partial charge in [0.15, 0.2) is 0 Å². The summed E-state index contributed by atoms with van der Waals surface area (Å²) in [5.74, 6) is 1.28. The maximum absolute atomic E-state index is 8.53. The third kappa shape index (κ3) is 3.16. The molecule has 1 aromatic rings. The quantitative estimate of drug-likeness (QED) is 0.667. The number of aliphatic hydroxyl groups excluding tert-OH is 1. The molecule has 0 atom stereocenters. The molecule has 0 bridgehead atoms. The van der Waals surface area contributed by atoms with Gasteiger partial charge in [-0.2, -0.15) is 0 Å². The van der Waals surface area contributed by atoms with E-state index in [1.807, 2.05) is 6.07 Å². The van der Waals surface area contributed by atoms with E-state index in [4.69, 9.17) is 9.63 Å². The van der Waals surface area contributed by atoms with Crippen LogP contribution in [0.25, 0.3) is 0 Å². The van der Waals surface area contributed by atoms with Gasteiger partial charge in [0.2, 0.25) is 0 Å². The molecule has 0 aromatic carbocycles. The molecule has 4 nitrogen and oxygen atoms in total. The molecule has 13 heavy (non-hydrogen) atoms. The minimum atomic E-state index is 0.148. The number of aliphatic hydroxyl groups is 1. The lowest BCUT2D eigenvalue weighted by molar-refractivity contribution is 0.290. The highest BCUT2D eigenvalue weighted by Crippen LogP contribution is 2.14. The van der Waals surface area contributed by atoms with Crippen molar-refractivity contribution in [2.45, 2.75) is 26.3 Å². The van der Waals surface area contributed by atoms with Crippen molar-refractivity contribution in [3.05, 3.63) is 17.5 Å². The summed E-state index contributed by atoms with van der Waals surface area (Å²) in [6.07, 6.45) is 0. The first-order chi connectivity index (χ1) is 6.24. The molecule has 0 saturated carbocycles. The van der Waals surface area contributed by atoms with Gasteiger partial charge in [0.1, 0.15) is 5.76 Å². The van der Waals surface area contributed by atoms with Crippen LogP contribution in [0.2, 0.25) is 0 Å². The molecule has 0 saturated heterocycles.